The van der Waals surface area contributed by atoms with E-state index in [9.17, 15) is 14.4 Å². The van der Waals surface area contributed by atoms with Crippen LogP contribution in [0.3, 0.4) is 0 Å². The van der Waals surface area contributed by atoms with Crippen LogP contribution in [-0.2, 0) is 20.8 Å². The van der Waals surface area contributed by atoms with Crippen molar-refractivity contribution in [2.45, 2.75) is 13.3 Å². The molecular formula is C29H30ClIN4O7. The number of benzene rings is 3. The van der Waals surface area contributed by atoms with E-state index in [0.29, 0.717) is 49.3 Å². The van der Waals surface area contributed by atoms with Gasteiger partial charge >= 0.3 is 11.8 Å². The number of nitrogens with zero attached hydrogens (tertiary/aromatic N) is 1. The molecule has 0 bridgehead atoms. The molecule has 3 amide bonds. The monoisotopic (exact) mass is 708 g/mol. The summed E-state index contributed by atoms with van der Waals surface area (Å²) in [7, 11) is 4.55. The van der Waals surface area contributed by atoms with Crippen molar-refractivity contribution in [1.29, 1.82) is 0 Å². The Morgan fingerprint density at radius 1 is 0.929 bits per heavy atom. The second-order valence-corrected chi connectivity index (χ2v) is 10.3. The number of carbonyl (C=O) groups excluding carboxylic acids is 3. The zero-order chi connectivity index (χ0) is 30.6. The minimum Gasteiger partial charge on any atom is -0.493 e. The molecule has 0 saturated heterocycles. The molecular weight excluding hydrogens is 679 g/mol. The van der Waals surface area contributed by atoms with E-state index in [1.165, 1.54) is 13.3 Å². The summed E-state index contributed by atoms with van der Waals surface area (Å²) in [6.07, 6.45) is 1.84. The first kappa shape index (κ1) is 32.5. The summed E-state index contributed by atoms with van der Waals surface area (Å²) >= 11 is 8.15. The molecule has 222 valence electrons. The average molecular weight is 709 g/mol. The number of methoxy groups -OCH3 is 3. The summed E-state index contributed by atoms with van der Waals surface area (Å²) in [5.74, 6) is -0.212. The molecule has 11 nitrogen and oxygen atoms in total. The molecule has 3 N–H and O–H groups in total. The van der Waals surface area contributed by atoms with Gasteiger partial charge in [-0.25, -0.2) is 5.43 Å². The Morgan fingerprint density at radius 3 is 2.36 bits per heavy atom. The third kappa shape index (κ3) is 9.24. The maximum atomic E-state index is 12.4. The quantitative estimate of drug-likeness (QED) is 0.112. The highest BCUT2D eigenvalue weighted by atomic mass is 127. The highest BCUT2D eigenvalue weighted by Gasteiger charge is 2.15. The van der Waals surface area contributed by atoms with E-state index in [4.69, 9.17) is 30.5 Å². The topological polar surface area (TPSA) is 137 Å². The minimum atomic E-state index is -0.916. The number of amides is 3. The van der Waals surface area contributed by atoms with Crippen molar-refractivity contribution in [2.75, 3.05) is 39.8 Å². The van der Waals surface area contributed by atoms with Gasteiger partial charge in [0.05, 0.1) is 31.1 Å². The number of hydrogen-bond acceptors (Lipinski definition) is 8. The van der Waals surface area contributed by atoms with E-state index in [2.05, 4.69) is 21.2 Å². The van der Waals surface area contributed by atoms with Gasteiger partial charge in [0.2, 0.25) is 0 Å². The fourth-order valence-corrected chi connectivity index (χ4v) is 4.57. The number of halogens is 2. The first-order chi connectivity index (χ1) is 20.1. The fraction of sp³-hybridized carbons (Fsp3) is 0.241. The lowest BCUT2D eigenvalue weighted by Gasteiger charge is -2.14. The van der Waals surface area contributed by atoms with Crippen molar-refractivity contribution in [1.82, 2.24) is 10.7 Å². The van der Waals surface area contributed by atoms with Gasteiger partial charge in [0.25, 0.3) is 5.91 Å². The number of aryl methyl sites for hydroxylation is 1. The fourth-order valence-electron chi connectivity index (χ4n) is 3.61. The number of hydrazone groups is 1. The van der Waals surface area contributed by atoms with Crippen LogP contribution in [0.25, 0.3) is 0 Å². The third-order valence-corrected chi connectivity index (χ3v) is 7.00. The smallest absolute Gasteiger partial charge is 0.329 e. The number of nitrogens with one attached hydrogen (secondary N) is 3. The van der Waals surface area contributed by atoms with Gasteiger partial charge in [0.15, 0.2) is 29.6 Å². The molecule has 0 aromatic heterocycles. The standard InChI is InChI=1S/C29H30ClIN4O7/c1-17-5-7-20(14-21(17)30)34-26(36)16-42-27-22(31)11-19(13-25(27)41-4)15-33-35-29(38)28(37)32-10-9-18-6-8-23(39-2)24(12-18)40-3/h5-8,11-15H,9-10,16H2,1-4H3,(H,32,37)(H,34,36)(H,35,38)/b33-15-. The molecule has 0 atom stereocenters. The Labute approximate surface area is 262 Å². The van der Waals surface area contributed by atoms with Crippen LogP contribution < -0.4 is 35.0 Å². The van der Waals surface area contributed by atoms with Gasteiger partial charge in [0.1, 0.15) is 0 Å². The lowest BCUT2D eigenvalue weighted by molar-refractivity contribution is -0.139. The molecule has 0 unspecified atom stereocenters. The van der Waals surface area contributed by atoms with Crippen molar-refractivity contribution in [2.24, 2.45) is 5.10 Å². The van der Waals surface area contributed by atoms with E-state index in [0.717, 1.165) is 11.1 Å². The molecule has 0 radical (unpaired) electrons. The average Bonchev–Trinajstić information content (AvgIpc) is 2.97. The van der Waals surface area contributed by atoms with E-state index >= 15 is 0 Å². The van der Waals surface area contributed by atoms with E-state index in [1.54, 1.807) is 50.6 Å². The maximum absolute atomic E-state index is 12.4. The molecule has 3 aromatic carbocycles. The van der Waals surface area contributed by atoms with Gasteiger partial charge in [0, 0.05) is 17.3 Å². The first-order valence-corrected chi connectivity index (χ1v) is 14.0. The van der Waals surface area contributed by atoms with Gasteiger partial charge in [-0.05, 0) is 89.0 Å². The largest absolute Gasteiger partial charge is 0.493 e. The summed E-state index contributed by atoms with van der Waals surface area (Å²) in [6, 6.07) is 14.0. The van der Waals surface area contributed by atoms with Gasteiger partial charge < -0.3 is 29.6 Å². The second kappa shape index (κ2) is 15.8. The van der Waals surface area contributed by atoms with Crippen LogP contribution in [-0.4, -0.2) is 58.4 Å². The number of ether oxygens (including phenoxy) is 4. The summed E-state index contributed by atoms with van der Waals surface area (Å²) in [6.45, 7) is 1.84. The number of anilines is 1. The lowest BCUT2D eigenvalue weighted by Crippen LogP contribution is -2.38. The molecule has 0 saturated carbocycles. The van der Waals surface area contributed by atoms with Crippen LogP contribution in [0.5, 0.6) is 23.0 Å². The Hall–Kier alpha value is -4.04. The van der Waals surface area contributed by atoms with Crippen LogP contribution >= 0.6 is 34.2 Å². The SMILES string of the molecule is COc1ccc(CCNC(=O)C(=O)N/N=C\c2cc(I)c(OCC(=O)Nc3ccc(C)c(Cl)c3)c(OC)c2)cc1OC. The summed E-state index contributed by atoms with van der Waals surface area (Å²) in [5.41, 5.74) is 5.13. The van der Waals surface area contributed by atoms with E-state index in [1.807, 2.05) is 41.6 Å². The second-order valence-electron chi connectivity index (χ2n) is 8.73. The number of carbonyl (C=O) groups is 3. The normalized spacial score (nSPS) is 10.6. The van der Waals surface area contributed by atoms with Crippen molar-refractivity contribution in [3.05, 3.63) is 73.8 Å². The first-order valence-electron chi connectivity index (χ1n) is 12.5. The van der Waals surface area contributed by atoms with Crippen LogP contribution in [0, 0.1) is 10.5 Å². The molecule has 0 aliphatic heterocycles. The van der Waals surface area contributed by atoms with Crippen molar-refractivity contribution < 1.29 is 33.3 Å². The molecule has 0 aliphatic rings. The lowest BCUT2D eigenvalue weighted by atomic mass is 10.1. The summed E-state index contributed by atoms with van der Waals surface area (Å²) in [4.78, 5) is 36.7. The zero-order valence-corrected chi connectivity index (χ0v) is 26.3. The van der Waals surface area contributed by atoms with Crippen molar-refractivity contribution in [3.8, 4) is 23.0 Å². The van der Waals surface area contributed by atoms with Crippen LogP contribution in [0.1, 0.15) is 16.7 Å². The van der Waals surface area contributed by atoms with Gasteiger partial charge in [-0.15, -0.1) is 0 Å². The molecule has 0 aliphatic carbocycles. The van der Waals surface area contributed by atoms with Crippen LogP contribution in [0.15, 0.2) is 53.6 Å². The zero-order valence-electron chi connectivity index (χ0n) is 23.4. The Morgan fingerprint density at radius 2 is 1.67 bits per heavy atom. The molecule has 3 aromatic rings. The predicted octanol–water partition coefficient (Wildman–Crippen LogP) is 4.11. The van der Waals surface area contributed by atoms with E-state index in [-0.39, 0.29) is 19.1 Å². The maximum Gasteiger partial charge on any atom is 0.329 e. The van der Waals surface area contributed by atoms with Gasteiger partial charge in [-0.3, -0.25) is 14.4 Å². The Balaban J connectivity index is 1.50. The highest BCUT2D eigenvalue weighted by Crippen LogP contribution is 2.33. The van der Waals surface area contributed by atoms with Gasteiger partial charge in [-0.2, -0.15) is 5.10 Å². The minimum absolute atomic E-state index is 0.235. The molecule has 0 heterocycles. The predicted molar refractivity (Wildman–Crippen MR) is 168 cm³/mol. The molecule has 0 fully saturated rings. The van der Waals surface area contributed by atoms with E-state index < -0.39 is 11.8 Å². The number of hydrogen-bond donors (Lipinski definition) is 3. The Bertz CT molecular complexity index is 1480. The van der Waals surface area contributed by atoms with Crippen molar-refractivity contribution >= 4 is 63.8 Å². The highest BCUT2D eigenvalue weighted by molar-refractivity contribution is 14.1. The summed E-state index contributed by atoms with van der Waals surface area (Å²) in [5, 5.41) is 9.69. The third-order valence-electron chi connectivity index (χ3n) is 5.79. The van der Waals surface area contributed by atoms with Crippen LogP contribution in [0.4, 0.5) is 5.69 Å². The summed E-state index contributed by atoms with van der Waals surface area (Å²) < 4.78 is 22.2. The molecule has 13 heteroatoms. The molecule has 3 rings (SSSR count). The van der Waals surface area contributed by atoms with Crippen LogP contribution in [0.2, 0.25) is 5.02 Å². The molecule has 42 heavy (non-hydrogen) atoms. The Kier molecular flexibility index (Phi) is 12.2. The molecule has 0 spiro atoms. The number of rotatable bonds is 12. The van der Waals surface area contributed by atoms with Crippen molar-refractivity contribution in [3.63, 3.8) is 0 Å². The van der Waals surface area contributed by atoms with Gasteiger partial charge in [-0.1, -0.05) is 23.7 Å².